The van der Waals surface area contributed by atoms with Gasteiger partial charge in [-0.15, -0.1) is 0 Å². The number of hydrogen-bond donors (Lipinski definition) is 3. The average Bonchev–Trinajstić information content (AvgIpc) is 2.71. The highest BCUT2D eigenvalue weighted by atomic mass is 16.1. The van der Waals surface area contributed by atoms with E-state index in [1.807, 2.05) is 56.3 Å². The van der Waals surface area contributed by atoms with Crippen LogP contribution in [0.15, 0.2) is 61.1 Å². The molecule has 3 N–H and O–H groups in total. The minimum atomic E-state index is 0.0452. The highest BCUT2D eigenvalue weighted by molar-refractivity contribution is 5.92. The molecule has 0 aliphatic carbocycles. The van der Waals surface area contributed by atoms with E-state index in [1.54, 1.807) is 12.3 Å². The van der Waals surface area contributed by atoms with Gasteiger partial charge in [-0.1, -0.05) is 19.9 Å². The van der Waals surface area contributed by atoms with Gasteiger partial charge in [0.15, 0.2) is 0 Å². The predicted molar refractivity (Wildman–Crippen MR) is 112 cm³/mol. The van der Waals surface area contributed by atoms with Crippen LogP contribution in [0.2, 0.25) is 0 Å². The summed E-state index contributed by atoms with van der Waals surface area (Å²) in [5.74, 6) is 2.12. The molecule has 7 heteroatoms. The van der Waals surface area contributed by atoms with Crippen LogP contribution in [0.25, 0.3) is 0 Å². The van der Waals surface area contributed by atoms with Gasteiger partial charge in [-0.25, -0.2) is 15.0 Å². The maximum absolute atomic E-state index is 12.2. The lowest BCUT2D eigenvalue weighted by Gasteiger charge is -2.13. The SMILES string of the molecule is CCC(CC)C(=O)Nc1ccc(Nc2cc(Nc3ccccn3)ncn2)cc1. The Morgan fingerprint density at radius 3 is 2.18 bits per heavy atom. The molecule has 0 bridgehead atoms. The van der Waals surface area contributed by atoms with Crippen molar-refractivity contribution in [2.24, 2.45) is 5.92 Å². The smallest absolute Gasteiger partial charge is 0.227 e. The van der Waals surface area contributed by atoms with Crippen molar-refractivity contribution in [1.29, 1.82) is 0 Å². The molecule has 2 heterocycles. The highest BCUT2D eigenvalue weighted by Gasteiger charge is 2.13. The summed E-state index contributed by atoms with van der Waals surface area (Å²) in [5.41, 5.74) is 1.64. The first-order chi connectivity index (χ1) is 13.7. The largest absolute Gasteiger partial charge is 0.340 e. The van der Waals surface area contributed by atoms with Crippen molar-refractivity contribution < 1.29 is 4.79 Å². The van der Waals surface area contributed by atoms with Crippen LogP contribution in [0.5, 0.6) is 0 Å². The van der Waals surface area contributed by atoms with Crippen molar-refractivity contribution >= 4 is 34.7 Å². The highest BCUT2D eigenvalue weighted by Crippen LogP contribution is 2.21. The van der Waals surface area contributed by atoms with Gasteiger partial charge in [0, 0.05) is 29.6 Å². The number of benzene rings is 1. The molecule has 0 unspecified atom stereocenters. The number of carbonyl (C=O) groups is 1. The summed E-state index contributed by atoms with van der Waals surface area (Å²) in [4.78, 5) is 24.8. The van der Waals surface area contributed by atoms with Crippen LogP contribution in [-0.2, 0) is 4.79 Å². The fourth-order valence-electron chi connectivity index (χ4n) is 2.75. The molecule has 1 aromatic carbocycles. The van der Waals surface area contributed by atoms with Crippen LogP contribution in [0.4, 0.5) is 28.8 Å². The molecule has 0 aliphatic heterocycles. The molecule has 1 amide bonds. The maximum Gasteiger partial charge on any atom is 0.227 e. The maximum atomic E-state index is 12.2. The fourth-order valence-corrected chi connectivity index (χ4v) is 2.75. The van der Waals surface area contributed by atoms with E-state index in [4.69, 9.17) is 0 Å². The summed E-state index contributed by atoms with van der Waals surface area (Å²) in [7, 11) is 0. The Labute approximate surface area is 164 Å². The normalized spacial score (nSPS) is 10.5. The zero-order valence-corrected chi connectivity index (χ0v) is 16.0. The quantitative estimate of drug-likeness (QED) is 0.526. The Morgan fingerprint density at radius 1 is 0.857 bits per heavy atom. The monoisotopic (exact) mass is 376 g/mol. The van der Waals surface area contributed by atoms with Crippen LogP contribution in [0.3, 0.4) is 0 Å². The van der Waals surface area contributed by atoms with Crippen molar-refractivity contribution in [3.05, 3.63) is 61.1 Å². The van der Waals surface area contributed by atoms with Crippen molar-refractivity contribution in [3.8, 4) is 0 Å². The minimum absolute atomic E-state index is 0.0452. The Kier molecular flexibility index (Phi) is 6.51. The number of hydrogen-bond acceptors (Lipinski definition) is 6. The van der Waals surface area contributed by atoms with Gasteiger partial charge >= 0.3 is 0 Å². The minimum Gasteiger partial charge on any atom is -0.340 e. The summed E-state index contributed by atoms with van der Waals surface area (Å²) in [6, 6.07) is 15.0. The van der Waals surface area contributed by atoms with Gasteiger partial charge in [-0.05, 0) is 49.2 Å². The first-order valence-corrected chi connectivity index (χ1v) is 9.36. The van der Waals surface area contributed by atoms with E-state index in [1.165, 1.54) is 6.33 Å². The van der Waals surface area contributed by atoms with E-state index in [0.29, 0.717) is 17.5 Å². The van der Waals surface area contributed by atoms with Crippen molar-refractivity contribution in [2.75, 3.05) is 16.0 Å². The van der Waals surface area contributed by atoms with Crippen molar-refractivity contribution in [2.45, 2.75) is 26.7 Å². The topological polar surface area (TPSA) is 91.8 Å². The van der Waals surface area contributed by atoms with E-state index in [2.05, 4.69) is 30.9 Å². The zero-order chi connectivity index (χ0) is 19.8. The molecule has 0 fully saturated rings. The molecule has 2 aromatic heterocycles. The van der Waals surface area contributed by atoms with E-state index in [-0.39, 0.29) is 11.8 Å². The van der Waals surface area contributed by atoms with Gasteiger partial charge in [0.05, 0.1) is 0 Å². The van der Waals surface area contributed by atoms with Crippen LogP contribution >= 0.6 is 0 Å². The third-order valence-corrected chi connectivity index (χ3v) is 4.37. The third-order valence-electron chi connectivity index (χ3n) is 4.37. The van der Waals surface area contributed by atoms with E-state index < -0.39 is 0 Å². The van der Waals surface area contributed by atoms with Crippen LogP contribution < -0.4 is 16.0 Å². The number of anilines is 5. The Balaban J connectivity index is 1.62. The van der Waals surface area contributed by atoms with Crippen LogP contribution in [-0.4, -0.2) is 20.9 Å². The van der Waals surface area contributed by atoms with E-state index in [0.717, 1.165) is 24.2 Å². The predicted octanol–water partition coefficient (Wildman–Crippen LogP) is 4.73. The first kappa shape index (κ1) is 19.3. The van der Waals surface area contributed by atoms with E-state index in [9.17, 15) is 4.79 Å². The molecular weight excluding hydrogens is 352 g/mol. The second-order valence-corrected chi connectivity index (χ2v) is 6.33. The van der Waals surface area contributed by atoms with Gasteiger partial charge in [0.2, 0.25) is 5.91 Å². The van der Waals surface area contributed by atoms with Gasteiger partial charge in [0.25, 0.3) is 0 Å². The molecule has 144 valence electrons. The number of rotatable bonds is 8. The lowest BCUT2D eigenvalue weighted by atomic mass is 10.0. The lowest BCUT2D eigenvalue weighted by Crippen LogP contribution is -2.21. The summed E-state index contributed by atoms with van der Waals surface area (Å²) in [5, 5.41) is 9.33. The van der Waals surface area contributed by atoms with E-state index >= 15 is 0 Å². The number of pyridine rings is 1. The number of amides is 1. The van der Waals surface area contributed by atoms with Gasteiger partial charge in [0.1, 0.15) is 23.8 Å². The zero-order valence-electron chi connectivity index (χ0n) is 16.0. The molecule has 3 aromatic rings. The van der Waals surface area contributed by atoms with Gasteiger partial charge in [-0.2, -0.15) is 0 Å². The fraction of sp³-hybridized carbons (Fsp3) is 0.238. The van der Waals surface area contributed by atoms with Crippen LogP contribution in [0, 0.1) is 5.92 Å². The van der Waals surface area contributed by atoms with Crippen molar-refractivity contribution in [1.82, 2.24) is 15.0 Å². The standard InChI is InChI=1S/C21H24N6O/c1-3-15(4-2)21(28)26-17-10-8-16(9-11-17)25-19-13-20(24-14-23-19)27-18-7-5-6-12-22-18/h5-15H,3-4H2,1-2H3,(H,26,28)(H2,22,23,24,25,27). The molecule has 3 rings (SSSR count). The Morgan fingerprint density at radius 2 is 1.54 bits per heavy atom. The average molecular weight is 376 g/mol. The molecule has 0 atom stereocenters. The number of nitrogens with one attached hydrogen (secondary N) is 3. The molecule has 0 saturated carbocycles. The Bertz CT molecular complexity index is 894. The molecule has 0 saturated heterocycles. The molecule has 7 nitrogen and oxygen atoms in total. The van der Waals surface area contributed by atoms with Crippen molar-refractivity contribution in [3.63, 3.8) is 0 Å². The molecule has 28 heavy (non-hydrogen) atoms. The second-order valence-electron chi connectivity index (χ2n) is 6.33. The number of carbonyl (C=O) groups excluding carboxylic acids is 1. The Hall–Kier alpha value is -3.48. The molecular formula is C21H24N6O. The summed E-state index contributed by atoms with van der Waals surface area (Å²) < 4.78 is 0. The summed E-state index contributed by atoms with van der Waals surface area (Å²) in [6.07, 6.45) is 4.87. The van der Waals surface area contributed by atoms with Gasteiger partial charge < -0.3 is 16.0 Å². The summed E-state index contributed by atoms with van der Waals surface area (Å²) in [6.45, 7) is 4.05. The second kappa shape index (κ2) is 9.45. The number of aromatic nitrogens is 3. The third kappa shape index (κ3) is 5.26. The molecule has 0 aliphatic rings. The van der Waals surface area contributed by atoms with Crippen LogP contribution in [0.1, 0.15) is 26.7 Å². The summed E-state index contributed by atoms with van der Waals surface area (Å²) >= 11 is 0. The first-order valence-electron chi connectivity index (χ1n) is 9.36. The number of nitrogens with zero attached hydrogens (tertiary/aromatic N) is 3. The molecule has 0 spiro atoms. The van der Waals surface area contributed by atoms with Gasteiger partial charge in [-0.3, -0.25) is 4.79 Å². The molecule has 0 radical (unpaired) electrons. The lowest BCUT2D eigenvalue weighted by molar-refractivity contribution is -0.120.